The number of pyridine rings is 1. The third kappa shape index (κ3) is 3.22. The van der Waals surface area contributed by atoms with Crippen LogP contribution in [0.15, 0.2) is 36.9 Å². The van der Waals surface area contributed by atoms with Gasteiger partial charge < -0.3 is 4.90 Å². The van der Waals surface area contributed by atoms with Crippen LogP contribution in [0.3, 0.4) is 0 Å². The maximum Gasteiger partial charge on any atom is 0.254 e. The van der Waals surface area contributed by atoms with E-state index in [1.54, 1.807) is 29.0 Å². The monoisotopic (exact) mass is 339 g/mol. The van der Waals surface area contributed by atoms with Gasteiger partial charge in [-0.15, -0.1) is 0 Å². The highest BCUT2D eigenvalue weighted by molar-refractivity contribution is 6.06. The number of halogens is 1. The number of carbonyl (C=O) groups excluding carboxylic acids is 1. The molecule has 0 saturated heterocycles. The lowest BCUT2D eigenvalue weighted by atomic mass is 10.0. The number of benzene rings is 1. The Morgan fingerprint density at radius 2 is 2.20 bits per heavy atom. The highest BCUT2D eigenvalue weighted by Crippen LogP contribution is 2.40. The standard InChI is InChI=1S/C18H18FN5O/c1-23(6-7-24-11-20-10-21-24)18(25)15-9-17(12-2-3-12)22-16-5-4-13(19)8-14(15)16/h4-5,8-12H,2-3,6-7H2,1H3. The average molecular weight is 339 g/mol. The molecular formula is C18H18FN5O. The Morgan fingerprint density at radius 1 is 1.36 bits per heavy atom. The molecule has 1 fully saturated rings. The highest BCUT2D eigenvalue weighted by atomic mass is 19.1. The van der Waals surface area contributed by atoms with Crippen LogP contribution in [0.2, 0.25) is 0 Å². The van der Waals surface area contributed by atoms with E-state index in [9.17, 15) is 9.18 Å². The molecule has 0 bridgehead atoms. The molecule has 2 heterocycles. The van der Waals surface area contributed by atoms with E-state index in [1.165, 1.54) is 18.5 Å². The number of amides is 1. The van der Waals surface area contributed by atoms with Gasteiger partial charge in [-0.05, 0) is 37.1 Å². The molecular weight excluding hydrogens is 321 g/mol. The number of carbonyl (C=O) groups is 1. The molecule has 4 rings (SSSR count). The van der Waals surface area contributed by atoms with Crippen molar-refractivity contribution in [1.29, 1.82) is 0 Å². The molecule has 6 nitrogen and oxygen atoms in total. The second kappa shape index (κ2) is 6.23. The van der Waals surface area contributed by atoms with Gasteiger partial charge in [0, 0.05) is 30.6 Å². The zero-order chi connectivity index (χ0) is 17.4. The fourth-order valence-corrected chi connectivity index (χ4v) is 2.89. The normalized spacial score (nSPS) is 14.0. The maximum atomic E-state index is 13.7. The van der Waals surface area contributed by atoms with Crippen molar-refractivity contribution in [3.05, 3.63) is 54.0 Å². The van der Waals surface area contributed by atoms with Crippen molar-refractivity contribution in [3.8, 4) is 0 Å². The number of hydrogen-bond donors (Lipinski definition) is 0. The number of rotatable bonds is 5. The summed E-state index contributed by atoms with van der Waals surface area (Å²) >= 11 is 0. The van der Waals surface area contributed by atoms with Crippen LogP contribution in [-0.2, 0) is 6.54 Å². The van der Waals surface area contributed by atoms with Crippen molar-refractivity contribution in [2.75, 3.05) is 13.6 Å². The van der Waals surface area contributed by atoms with Gasteiger partial charge in [0.1, 0.15) is 18.5 Å². The van der Waals surface area contributed by atoms with E-state index < -0.39 is 0 Å². The molecule has 0 unspecified atom stereocenters. The quantitative estimate of drug-likeness (QED) is 0.717. The van der Waals surface area contributed by atoms with Gasteiger partial charge in [-0.1, -0.05) is 0 Å². The fraction of sp³-hybridized carbons (Fsp3) is 0.333. The van der Waals surface area contributed by atoms with Crippen LogP contribution in [0.5, 0.6) is 0 Å². The van der Waals surface area contributed by atoms with Crippen LogP contribution < -0.4 is 0 Å². The Kier molecular flexibility index (Phi) is 3.91. The largest absolute Gasteiger partial charge is 0.340 e. The zero-order valence-electron chi connectivity index (χ0n) is 13.9. The Bertz CT molecular complexity index is 921. The first kappa shape index (κ1) is 15.7. The predicted octanol–water partition coefficient (Wildman–Crippen LogP) is 2.62. The number of nitrogens with zero attached hydrogens (tertiary/aromatic N) is 5. The molecule has 0 atom stereocenters. The number of fused-ring (bicyclic) bond motifs is 1. The third-order valence-corrected chi connectivity index (χ3v) is 4.49. The van der Waals surface area contributed by atoms with Crippen LogP contribution in [0.4, 0.5) is 4.39 Å². The van der Waals surface area contributed by atoms with Crippen molar-refractivity contribution in [3.63, 3.8) is 0 Å². The molecule has 1 amide bonds. The first-order chi connectivity index (χ1) is 12.1. The molecule has 1 aromatic carbocycles. The van der Waals surface area contributed by atoms with E-state index >= 15 is 0 Å². The summed E-state index contributed by atoms with van der Waals surface area (Å²) in [4.78, 5) is 23.1. The second-order valence-electron chi connectivity index (χ2n) is 6.42. The van der Waals surface area contributed by atoms with Crippen molar-refractivity contribution in [1.82, 2.24) is 24.6 Å². The summed E-state index contributed by atoms with van der Waals surface area (Å²) < 4.78 is 15.4. The van der Waals surface area contributed by atoms with E-state index in [2.05, 4.69) is 15.1 Å². The molecule has 1 aliphatic carbocycles. The smallest absolute Gasteiger partial charge is 0.254 e. The van der Waals surface area contributed by atoms with Crippen LogP contribution in [0.1, 0.15) is 34.8 Å². The minimum atomic E-state index is -0.368. The van der Waals surface area contributed by atoms with E-state index in [0.29, 0.717) is 35.5 Å². The first-order valence-electron chi connectivity index (χ1n) is 8.30. The molecule has 1 saturated carbocycles. The van der Waals surface area contributed by atoms with Gasteiger partial charge in [0.2, 0.25) is 0 Å². The Hall–Kier alpha value is -2.83. The van der Waals surface area contributed by atoms with Gasteiger partial charge in [0.15, 0.2) is 0 Å². The van der Waals surface area contributed by atoms with Crippen molar-refractivity contribution in [2.24, 2.45) is 0 Å². The summed E-state index contributed by atoms with van der Waals surface area (Å²) in [7, 11) is 1.74. The SMILES string of the molecule is CN(CCn1cncn1)C(=O)c1cc(C2CC2)nc2ccc(F)cc12. The van der Waals surface area contributed by atoms with Crippen LogP contribution >= 0.6 is 0 Å². The molecule has 0 N–H and O–H groups in total. The summed E-state index contributed by atoms with van der Waals surface area (Å²) in [5.74, 6) is -0.0886. The fourth-order valence-electron chi connectivity index (χ4n) is 2.89. The second-order valence-corrected chi connectivity index (χ2v) is 6.42. The summed E-state index contributed by atoms with van der Waals surface area (Å²) in [6.45, 7) is 1.04. The van der Waals surface area contributed by atoms with E-state index in [1.807, 2.05) is 6.07 Å². The molecule has 0 spiro atoms. The van der Waals surface area contributed by atoms with Crippen LogP contribution in [-0.4, -0.2) is 44.1 Å². The van der Waals surface area contributed by atoms with Gasteiger partial charge >= 0.3 is 0 Å². The number of likely N-dealkylation sites (N-methyl/N-ethyl adjacent to an activating group) is 1. The average Bonchev–Trinajstić information content (AvgIpc) is 3.34. The molecule has 25 heavy (non-hydrogen) atoms. The van der Waals surface area contributed by atoms with Gasteiger partial charge in [0.05, 0.1) is 17.6 Å². The van der Waals surface area contributed by atoms with E-state index in [4.69, 9.17) is 0 Å². The molecule has 0 radical (unpaired) electrons. The topological polar surface area (TPSA) is 63.9 Å². The molecule has 128 valence electrons. The Morgan fingerprint density at radius 3 is 2.92 bits per heavy atom. The molecule has 3 aromatic rings. The lowest BCUT2D eigenvalue weighted by molar-refractivity contribution is 0.0790. The summed E-state index contributed by atoms with van der Waals surface area (Å²) in [6.07, 6.45) is 5.26. The predicted molar refractivity (Wildman–Crippen MR) is 90.7 cm³/mol. The van der Waals surface area contributed by atoms with Crippen LogP contribution in [0.25, 0.3) is 10.9 Å². The Labute approximate surface area is 144 Å². The van der Waals surface area contributed by atoms with Crippen molar-refractivity contribution >= 4 is 16.8 Å². The number of aromatic nitrogens is 4. The molecule has 2 aromatic heterocycles. The molecule has 7 heteroatoms. The van der Waals surface area contributed by atoms with E-state index in [-0.39, 0.29) is 11.7 Å². The summed E-state index contributed by atoms with van der Waals surface area (Å²) in [5, 5.41) is 4.59. The third-order valence-electron chi connectivity index (χ3n) is 4.49. The van der Waals surface area contributed by atoms with Gasteiger partial charge in [-0.2, -0.15) is 5.10 Å². The van der Waals surface area contributed by atoms with Gasteiger partial charge in [0.25, 0.3) is 5.91 Å². The van der Waals surface area contributed by atoms with Crippen molar-refractivity contribution < 1.29 is 9.18 Å². The van der Waals surface area contributed by atoms with Gasteiger partial charge in [-0.3, -0.25) is 14.5 Å². The first-order valence-corrected chi connectivity index (χ1v) is 8.30. The maximum absolute atomic E-state index is 13.7. The van der Waals surface area contributed by atoms with Gasteiger partial charge in [-0.25, -0.2) is 9.37 Å². The minimum Gasteiger partial charge on any atom is -0.340 e. The van der Waals surface area contributed by atoms with E-state index in [0.717, 1.165) is 18.5 Å². The lowest BCUT2D eigenvalue weighted by Gasteiger charge is -2.18. The van der Waals surface area contributed by atoms with Crippen LogP contribution in [0, 0.1) is 5.82 Å². The molecule has 1 aliphatic rings. The summed E-state index contributed by atoms with van der Waals surface area (Å²) in [5.41, 5.74) is 2.10. The zero-order valence-corrected chi connectivity index (χ0v) is 13.9. The van der Waals surface area contributed by atoms with Crippen molar-refractivity contribution in [2.45, 2.75) is 25.3 Å². The number of hydrogen-bond acceptors (Lipinski definition) is 4. The minimum absolute atomic E-state index is 0.139. The Balaban J connectivity index is 1.65. The highest BCUT2D eigenvalue weighted by Gasteiger charge is 2.27. The summed E-state index contributed by atoms with van der Waals surface area (Å²) in [6, 6.07) is 6.24. The lowest BCUT2D eigenvalue weighted by Crippen LogP contribution is -2.30. The molecule has 0 aliphatic heterocycles.